The number of aryl methyl sites for hydroxylation is 1. The van der Waals surface area contributed by atoms with E-state index in [9.17, 15) is 4.79 Å². The summed E-state index contributed by atoms with van der Waals surface area (Å²) in [5.41, 5.74) is 8.04. The summed E-state index contributed by atoms with van der Waals surface area (Å²) in [5.74, 6) is 0.982. The summed E-state index contributed by atoms with van der Waals surface area (Å²) in [5, 5.41) is 4.13. The fraction of sp³-hybridized carbons (Fsp3) is 0.500. The van der Waals surface area contributed by atoms with Crippen LogP contribution in [-0.4, -0.2) is 24.0 Å². The zero-order chi connectivity index (χ0) is 18.7. The van der Waals surface area contributed by atoms with E-state index < -0.39 is 0 Å². The molecule has 3 atom stereocenters. The minimum atomic E-state index is -0.0508. The van der Waals surface area contributed by atoms with Crippen molar-refractivity contribution in [2.24, 2.45) is 11.7 Å². The number of aromatic nitrogens is 1. The maximum Gasteiger partial charge on any atom is 0.223 e. The van der Waals surface area contributed by atoms with Gasteiger partial charge in [0, 0.05) is 17.5 Å². The van der Waals surface area contributed by atoms with Gasteiger partial charge in [-0.2, -0.15) is 0 Å². The number of rotatable bonds is 5. The summed E-state index contributed by atoms with van der Waals surface area (Å²) in [6, 6.07) is 7.99. The van der Waals surface area contributed by atoms with Crippen LogP contribution in [0, 0.1) is 12.8 Å². The van der Waals surface area contributed by atoms with Crippen molar-refractivity contribution in [1.29, 1.82) is 0 Å². The first-order chi connectivity index (χ1) is 12.5. The van der Waals surface area contributed by atoms with Gasteiger partial charge in [-0.3, -0.25) is 4.79 Å². The Kier molecular flexibility index (Phi) is 5.94. The van der Waals surface area contributed by atoms with Gasteiger partial charge in [-0.25, -0.2) is 4.98 Å². The van der Waals surface area contributed by atoms with Gasteiger partial charge in [-0.1, -0.05) is 6.42 Å². The highest BCUT2D eigenvalue weighted by atomic mass is 32.1. The van der Waals surface area contributed by atoms with Crippen molar-refractivity contribution in [3.05, 3.63) is 34.8 Å². The number of ether oxygens (including phenoxy) is 1. The number of nitrogens with two attached hydrogens (primary N) is 1. The van der Waals surface area contributed by atoms with Crippen LogP contribution >= 0.6 is 11.3 Å². The average Bonchev–Trinajstić information content (AvgIpc) is 3.03. The van der Waals surface area contributed by atoms with Crippen LogP contribution in [-0.2, 0) is 4.79 Å². The number of thiazole rings is 1. The van der Waals surface area contributed by atoms with Crippen LogP contribution in [0.2, 0.25) is 0 Å². The molecule has 0 aliphatic heterocycles. The number of carbonyl (C=O) groups excluding carboxylic acids is 1. The third-order valence-electron chi connectivity index (χ3n) is 5.01. The van der Waals surface area contributed by atoms with E-state index in [4.69, 9.17) is 15.5 Å². The second kappa shape index (κ2) is 8.18. The standard InChI is InChI=1S/C20H27N3O2S/c1-12(22-19(24)15-5-4-6-16(21)11-15)18-13(2)23-20(26-18)14-7-9-17(25-3)10-8-14/h7-10,12,15-16H,4-6,11,21H2,1-3H3,(H,22,24). The van der Waals surface area contributed by atoms with Gasteiger partial charge < -0.3 is 15.8 Å². The lowest BCUT2D eigenvalue weighted by Gasteiger charge is -2.27. The monoisotopic (exact) mass is 373 g/mol. The van der Waals surface area contributed by atoms with E-state index in [0.717, 1.165) is 52.6 Å². The molecule has 5 nitrogen and oxygen atoms in total. The number of amides is 1. The number of hydrogen-bond acceptors (Lipinski definition) is 5. The number of methoxy groups -OCH3 is 1. The molecular formula is C20H27N3O2S. The molecule has 3 unspecified atom stereocenters. The number of hydrogen-bond donors (Lipinski definition) is 2. The Balaban J connectivity index is 1.70. The van der Waals surface area contributed by atoms with Gasteiger partial charge in [0.2, 0.25) is 5.91 Å². The molecule has 1 aliphatic rings. The van der Waals surface area contributed by atoms with E-state index in [1.54, 1.807) is 18.4 Å². The minimum Gasteiger partial charge on any atom is -0.497 e. The van der Waals surface area contributed by atoms with E-state index in [1.807, 2.05) is 38.1 Å². The summed E-state index contributed by atoms with van der Waals surface area (Å²) in [4.78, 5) is 18.4. The molecule has 140 valence electrons. The van der Waals surface area contributed by atoms with Crippen molar-refractivity contribution in [1.82, 2.24) is 10.3 Å². The van der Waals surface area contributed by atoms with Crippen LogP contribution in [0.4, 0.5) is 0 Å². The van der Waals surface area contributed by atoms with Crippen LogP contribution in [0.1, 0.15) is 49.2 Å². The summed E-state index contributed by atoms with van der Waals surface area (Å²) < 4.78 is 5.21. The first-order valence-corrected chi connectivity index (χ1v) is 9.97. The molecule has 1 saturated carbocycles. The zero-order valence-electron chi connectivity index (χ0n) is 15.6. The molecule has 0 spiro atoms. The highest BCUT2D eigenvalue weighted by Crippen LogP contribution is 2.33. The molecule has 1 heterocycles. The van der Waals surface area contributed by atoms with Gasteiger partial charge in [0.1, 0.15) is 10.8 Å². The lowest BCUT2D eigenvalue weighted by Crippen LogP contribution is -2.38. The van der Waals surface area contributed by atoms with Crippen LogP contribution in [0.5, 0.6) is 5.75 Å². The molecule has 26 heavy (non-hydrogen) atoms. The maximum atomic E-state index is 12.6. The van der Waals surface area contributed by atoms with Crippen molar-refractivity contribution >= 4 is 17.2 Å². The first-order valence-electron chi connectivity index (χ1n) is 9.15. The van der Waals surface area contributed by atoms with Crippen LogP contribution < -0.4 is 15.8 Å². The molecule has 0 bridgehead atoms. The van der Waals surface area contributed by atoms with Crippen LogP contribution in [0.3, 0.4) is 0 Å². The molecule has 1 aromatic heterocycles. The van der Waals surface area contributed by atoms with Gasteiger partial charge in [0.05, 0.1) is 23.7 Å². The van der Waals surface area contributed by atoms with Gasteiger partial charge in [0.25, 0.3) is 0 Å². The second-order valence-electron chi connectivity index (χ2n) is 7.05. The molecule has 2 aromatic rings. The third kappa shape index (κ3) is 4.24. The number of nitrogens with zero attached hydrogens (tertiary/aromatic N) is 1. The second-order valence-corrected chi connectivity index (χ2v) is 8.08. The lowest BCUT2D eigenvalue weighted by molar-refractivity contribution is -0.126. The third-order valence-corrected chi connectivity index (χ3v) is 6.40. The molecule has 1 aromatic carbocycles. The Morgan fingerprint density at radius 3 is 2.73 bits per heavy atom. The molecule has 3 N–H and O–H groups in total. The fourth-order valence-electron chi connectivity index (χ4n) is 3.53. The van der Waals surface area contributed by atoms with Crippen LogP contribution in [0.15, 0.2) is 24.3 Å². The van der Waals surface area contributed by atoms with Crippen molar-refractivity contribution in [3.8, 4) is 16.3 Å². The summed E-state index contributed by atoms with van der Waals surface area (Å²) in [6.45, 7) is 4.02. The van der Waals surface area contributed by atoms with Gasteiger partial charge >= 0.3 is 0 Å². The quantitative estimate of drug-likeness (QED) is 0.835. The topological polar surface area (TPSA) is 77.2 Å². The van der Waals surface area contributed by atoms with Crippen molar-refractivity contribution in [2.75, 3.05) is 7.11 Å². The van der Waals surface area contributed by atoms with E-state index in [0.29, 0.717) is 0 Å². The van der Waals surface area contributed by atoms with Crippen LogP contribution in [0.25, 0.3) is 10.6 Å². The summed E-state index contributed by atoms with van der Waals surface area (Å²) >= 11 is 1.63. The van der Waals surface area contributed by atoms with E-state index in [2.05, 4.69) is 5.32 Å². The minimum absolute atomic E-state index is 0.0375. The predicted octanol–water partition coefficient (Wildman–Crippen LogP) is 3.82. The Bertz CT molecular complexity index is 757. The maximum absolute atomic E-state index is 12.6. The zero-order valence-corrected chi connectivity index (χ0v) is 16.4. The Morgan fingerprint density at radius 2 is 2.08 bits per heavy atom. The van der Waals surface area contributed by atoms with Gasteiger partial charge in [-0.15, -0.1) is 11.3 Å². The Morgan fingerprint density at radius 1 is 1.35 bits per heavy atom. The smallest absolute Gasteiger partial charge is 0.223 e. The summed E-state index contributed by atoms with van der Waals surface area (Å²) in [7, 11) is 1.66. The van der Waals surface area contributed by atoms with E-state index >= 15 is 0 Å². The Hall–Kier alpha value is -1.92. The molecule has 0 saturated heterocycles. The molecule has 1 aliphatic carbocycles. The van der Waals surface area contributed by atoms with Gasteiger partial charge in [0.15, 0.2) is 0 Å². The lowest BCUT2D eigenvalue weighted by atomic mass is 9.85. The van der Waals surface area contributed by atoms with Crippen molar-refractivity contribution in [2.45, 2.75) is 51.6 Å². The molecule has 1 amide bonds. The van der Waals surface area contributed by atoms with Gasteiger partial charge in [-0.05, 0) is 57.4 Å². The Labute approximate surface area is 159 Å². The average molecular weight is 374 g/mol. The highest BCUT2D eigenvalue weighted by molar-refractivity contribution is 7.15. The SMILES string of the molecule is COc1ccc(-c2nc(C)c(C(C)NC(=O)C3CCCC(N)C3)s2)cc1. The molecule has 3 rings (SSSR count). The van der Waals surface area contributed by atoms with E-state index in [-0.39, 0.29) is 23.9 Å². The predicted molar refractivity (Wildman–Crippen MR) is 105 cm³/mol. The molecule has 0 radical (unpaired) electrons. The first kappa shape index (κ1) is 18.9. The number of benzene rings is 1. The molecule has 6 heteroatoms. The highest BCUT2D eigenvalue weighted by Gasteiger charge is 2.27. The van der Waals surface area contributed by atoms with Crippen molar-refractivity contribution < 1.29 is 9.53 Å². The molecular weight excluding hydrogens is 346 g/mol. The fourth-order valence-corrected chi connectivity index (χ4v) is 4.60. The number of carbonyl (C=O) groups is 1. The molecule has 1 fully saturated rings. The van der Waals surface area contributed by atoms with Crippen molar-refractivity contribution in [3.63, 3.8) is 0 Å². The largest absolute Gasteiger partial charge is 0.497 e. The number of nitrogens with one attached hydrogen (secondary N) is 1. The van der Waals surface area contributed by atoms with E-state index in [1.165, 1.54) is 0 Å². The normalized spacial score (nSPS) is 21.2. The summed E-state index contributed by atoms with van der Waals surface area (Å²) in [6.07, 6.45) is 3.79.